The van der Waals surface area contributed by atoms with E-state index < -0.39 is 17.7 Å². The Bertz CT molecular complexity index is 1020. The third-order valence-corrected chi connectivity index (χ3v) is 6.12. The van der Waals surface area contributed by atoms with Crippen LogP contribution in [-0.2, 0) is 9.59 Å². The number of ether oxygens (including phenoxy) is 1. The average molecular weight is 420 g/mol. The first kappa shape index (κ1) is 21.2. The van der Waals surface area contributed by atoms with Crippen LogP contribution in [0.3, 0.4) is 0 Å². The minimum atomic E-state index is -0.613. The summed E-state index contributed by atoms with van der Waals surface area (Å²) in [6.07, 6.45) is 3.90. The van der Waals surface area contributed by atoms with E-state index in [1.807, 2.05) is 51.1 Å². The lowest BCUT2D eigenvalue weighted by molar-refractivity contribution is -0.141. The Morgan fingerprint density at radius 1 is 1.06 bits per heavy atom. The van der Waals surface area contributed by atoms with Gasteiger partial charge in [-0.1, -0.05) is 43.2 Å². The largest absolute Gasteiger partial charge is 0.507 e. The van der Waals surface area contributed by atoms with Crippen molar-refractivity contribution in [3.63, 3.8) is 0 Å². The van der Waals surface area contributed by atoms with E-state index in [1.54, 1.807) is 23.1 Å². The van der Waals surface area contributed by atoms with Gasteiger partial charge in [-0.25, -0.2) is 0 Å². The Balaban J connectivity index is 1.82. The summed E-state index contributed by atoms with van der Waals surface area (Å²) in [4.78, 5) is 27.9. The molecule has 1 amide bonds. The molecule has 1 aliphatic heterocycles. The van der Waals surface area contributed by atoms with Crippen LogP contribution in [0.1, 0.15) is 62.3 Å². The molecular formula is C26H29NO4. The second-order valence-electron chi connectivity index (χ2n) is 8.70. The van der Waals surface area contributed by atoms with Crippen molar-refractivity contribution >= 4 is 17.4 Å². The van der Waals surface area contributed by atoms with E-state index in [9.17, 15) is 14.7 Å². The quantitative estimate of drug-likeness (QED) is 0.414. The van der Waals surface area contributed by atoms with Gasteiger partial charge >= 0.3 is 0 Å². The number of aryl methyl sites for hydroxylation is 1. The van der Waals surface area contributed by atoms with E-state index in [1.165, 1.54) is 0 Å². The van der Waals surface area contributed by atoms with Gasteiger partial charge in [0.15, 0.2) is 0 Å². The molecule has 1 saturated carbocycles. The smallest absolute Gasteiger partial charge is 0.295 e. The number of Topliss-reactive ketones (excluding diaryl/α,β-unsaturated/α-hetero) is 1. The van der Waals surface area contributed by atoms with Crippen molar-refractivity contribution in [1.29, 1.82) is 0 Å². The maximum Gasteiger partial charge on any atom is 0.295 e. The zero-order valence-corrected chi connectivity index (χ0v) is 18.3. The summed E-state index contributed by atoms with van der Waals surface area (Å²) in [6, 6.07) is 14.3. The van der Waals surface area contributed by atoms with E-state index in [-0.39, 0.29) is 23.5 Å². The van der Waals surface area contributed by atoms with Gasteiger partial charge < -0.3 is 14.7 Å². The molecule has 5 heteroatoms. The summed E-state index contributed by atoms with van der Waals surface area (Å²) in [6.45, 7) is 5.82. The molecule has 0 spiro atoms. The topological polar surface area (TPSA) is 66.8 Å². The van der Waals surface area contributed by atoms with E-state index in [4.69, 9.17) is 4.74 Å². The maximum atomic E-state index is 13.1. The molecule has 2 aromatic carbocycles. The van der Waals surface area contributed by atoms with Gasteiger partial charge in [0, 0.05) is 11.6 Å². The van der Waals surface area contributed by atoms with Gasteiger partial charge in [-0.3, -0.25) is 9.59 Å². The zero-order valence-electron chi connectivity index (χ0n) is 18.3. The van der Waals surface area contributed by atoms with E-state index in [2.05, 4.69) is 0 Å². The Morgan fingerprint density at radius 3 is 2.35 bits per heavy atom. The highest BCUT2D eigenvalue weighted by atomic mass is 16.5. The van der Waals surface area contributed by atoms with Crippen LogP contribution in [0, 0.1) is 6.92 Å². The Kier molecular flexibility index (Phi) is 5.86. The summed E-state index contributed by atoms with van der Waals surface area (Å²) in [5.74, 6) is -0.526. The molecular weight excluding hydrogens is 390 g/mol. The van der Waals surface area contributed by atoms with Crippen LogP contribution in [-0.4, -0.2) is 33.8 Å². The van der Waals surface area contributed by atoms with E-state index in [0.717, 1.165) is 42.6 Å². The lowest BCUT2D eigenvalue weighted by Crippen LogP contribution is -2.37. The standard InChI is InChI=1S/C26H29NO4/c1-16(2)31-21-14-13-19(15-17(21)3)24(28)22-23(18-9-5-4-6-10-18)27(26(30)25(22)29)20-11-7-8-12-20/h4-6,9-10,13-16,20,23,28H,7-8,11-12H2,1-3H3/b24-22-. The van der Waals surface area contributed by atoms with Crippen LogP contribution in [0.2, 0.25) is 0 Å². The van der Waals surface area contributed by atoms with Crippen molar-refractivity contribution in [3.05, 3.63) is 70.8 Å². The predicted octanol–water partition coefficient (Wildman–Crippen LogP) is 5.15. The van der Waals surface area contributed by atoms with E-state index >= 15 is 0 Å². The first-order valence-corrected chi connectivity index (χ1v) is 11.0. The SMILES string of the molecule is Cc1cc(/C(O)=C2/C(=O)C(=O)N(C3CCCC3)C2c2ccccc2)ccc1OC(C)C. The Hall–Kier alpha value is -3.08. The summed E-state index contributed by atoms with van der Waals surface area (Å²) in [7, 11) is 0. The van der Waals surface area contributed by atoms with Gasteiger partial charge in [0.05, 0.1) is 17.7 Å². The highest BCUT2D eigenvalue weighted by Gasteiger charge is 2.49. The number of hydrogen-bond acceptors (Lipinski definition) is 4. The van der Waals surface area contributed by atoms with Crippen molar-refractivity contribution in [2.75, 3.05) is 0 Å². The molecule has 2 aromatic rings. The van der Waals surface area contributed by atoms with Crippen molar-refractivity contribution in [3.8, 4) is 5.75 Å². The molecule has 2 aliphatic rings. The molecule has 162 valence electrons. The second-order valence-corrected chi connectivity index (χ2v) is 8.70. The van der Waals surface area contributed by atoms with Gasteiger partial charge in [0.1, 0.15) is 11.5 Å². The summed E-state index contributed by atoms with van der Waals surface area (Å²) in [5.41, 5.74) is 2.38. The summed E-state index contributed by atoms with van der Waals surface area (Å²) < 4.78 is 5.79. The molecule has 1 saturated heterocycles. The first-order chi connectivity index (χ1) is 14.9. The molecule has 1 heterocycles. The molecule has 1 aliphatic carbocycles. The number of carbonyl (C=O) groups excluding carboxylic acids is 2. The van der Waals surface area contributed by atoms with Crippen molar-refractivity contribution in [1.82, 2.24) is 4.90 Å². The van der Waals surface area contributed by atoms with Crippen molar-refractivity contribution in [2.45, 2.75) is 64.6 Å². The Labute approximate surface area is 183 Å². The third kappa shape index (κ3) is 3.97. The van der Waals surface area contributed by atoms with Gasteiger partial charge in [-0.15, -0.1) is 0 Å². The Morgan fingerprint density at radius 2 is 1.74 bits per heavy atom. The summed E-state index contributed by atoms with van der Waals surface area (Å²) >= 11 is 0. The van der Waals surface area contributed by atoms with Crippen molar-refractivity contribution in [2.24, 2.45) is 0 Å². The number of rotatable bonds is 5. The molecule has 4 rings (SSSR count). The minimum absolute atomic E-state index is 0.0236. The molecule has 1 N–H and O–H groups in total. The molecule has 1 atom stereocenters. The van der Waals surface area contributed by atoms with Crippen LogP contribution < -0.4 is 4.74 Å². The predicted molar refractivity (Wildman–Crippen MR) is 120 cm³/mol. The van der Waals surface area contributed by atoms with Crippen LogP contribution in [0.4, 0.5) is 0 Å². The van der Waals surface area contributed by atoms with Crippen molar-refractivity contribution < 1.29 is 19.4 Å². The monoisotopic (exact) mass is 419 g/mol. The van der Waals surface area contributed by atoms with Gasteiger partial charge in [0.2, 0.25) is 0 Å². The number of nitrogens with zero attached hydrogens (tertiary/aromatic N) is 1. The third-order valence-electron chi connectivity index (χ3n) is 6.12. The number of amides is 1. The number of aliphatic hydroxyl groups excluding tert-OH is 1. The summed E-state index contributed by atoms with van der Waals surface area (Å²) in [5, 5.41) is 11.2. The van der Waals surface area contributed by atoms with E-state index in [0.29, 0.717) is 5.56 Å². The lowest BCUT2D eigenvalue weighted by Gasteiger charge is -2.30. The lowest BCUT2D eigenvalue weighted by atomic mass is 9.94. The van der Waals surface area contributed by atoms with Crippen LogP contribution in [0.15, 0.2) is 54.1 Å². The van der Waals surface area contributed by atoms with Crippen LogP contribution >= 0.6 is 0 Å². The number of likely N-dealkylation sites (tertiary alicyclic amines) is 1. The fourth-order valence-electron chi connectivity index (χ4n) is 4.71. The molecule has 0 bridgehead atoms. The van der Waals surface area contributed by atoms with Gasteiger partial charge in [-0.2, -0.15) is 0 Å². The number of hydrogen-bond donors (Lipinski definition) is 1. The number of ketones is 1. The normalized spacial score (nSPS) is 21.3. The zero-order chi connectivity index (χ0) is 22.1. The van der Waals surface area contributed by atoms with Crippen LogP contribution in [0.25, 0.3) is 5.76 Å². The van der Waals surface area contributed by atoms with Gasteiger partial charge in [0.25, 0.3) is 11.7 Å². The molecule has 1 unspecified atom stereocenters. The molecule has 31 heavy (non-hydrogen) atoms. The highest BCUT2D eigenvalue weighted by Crippen LogP contribution is 2.43. The number of aliphatic hydroxyl groups is 1. The fourth-order valence-corrected chi connectivity index (χ4v) is 4.71. The maximum absolute atomic E-state index is 13.1. The number of carbonyl (C=O) groups is 2. The molecule has 5 nitrogen and oxygen atoms in total. The fraction of sp³-hybridized carbons (Fsp3) is 0.385. The molecule has 2 fully saturated rings. The first-order valence-electron chi connectivity index (χ1n) is 11.0. The molecule has 0 aromatic heterocycles. The number of benzene rings is 2. The second kappa shape index (κ2) is 8.58. The highest BCUT2D eigenvalue weighted by molar-refractivity contribution is 6.46. The minimum Gasteiger partial charge on any atom is -0.507 e. The molecule has 0 radical (unpaired) electrons. The van der Waals surface area contributed by atoms with Crippen LogP contribution in [0.5, 0.6) is 5.75 Å². The van der Waals surface area contributed by atoms with Gasteiger partial charge in [-0.05, 0) is 62.9 Å². The average Bonchev–Trinajstić information content (AvgIpc) is 3.36.